The van der Waals surface area contributed by atoms with Crippen LogP contribution in [-0.4, -0.2) is 46.9 Å². The van der Waals surface area contributed by atoms with Gasteiger partial charge in [-0.25, -0.2) is 5.43 Å². The molecular weight excluding hydrogens is 521 g/mol. The lowest BCUT2D eigenvalue weighted by atomic mass is 10.2. The van der Waals surface area contributed by atoms with Crippen molar-refractivity contribution in [1.82, 2.24) is 20.2 Å². The number of amides is 1. The molecule has 1 heterocycles. The number of carbonyl (C=O) groups is 1. The number of hydrazone groups is 1. The van der Waals surface area contributed by atoms with E-state index in [0.717, 1.165) is 11.3 Å². The van der Waals surface area contributed by atoms with E-state index in [1.54, 1.807) is 32.4 Å². The average Bonchev–Trinajstić information content (AvgIpc) is 3.33. The summed E-state index contributed by atoms with van der Waals surface area (Å²) in [7, 11) is 3.16. The Labute approximate surface area is 222 Å². The normalized spacial score (nSPS) is 11.0. The highest BCUT2D eigenvalue weighted by Gasteiger charge is 2.18. The fraction of sp³-hybridized carbons (Fsp3) is 0.120. The second kappa shape index (κ2) is 11.9. The average molecular weight is 542 g/mol. The fourth-order valence-electron chi connectivity index (χ4n) is 3.27. The van der Waals surface area contributed by atoms with Crippen LogP contribution in [0.5, 0.6) is 11.5 Å². The molecule has 0 atom stereocenters. The van der Waals surface area contributed by atoms with Crippen LogP contribution in [0.15, 0.2) is 77.0 Å². The number of nitrogens with zero attached hydrogens (tertiary/aromatic N) is 4. The lowest BCUT2D eigenvalue weighted by Crippen LogP contribution is -2.20. The smallest absolute Gasteiger partial charge is 0.250 e. The molecular formula is C25H21Cl2N5O3S. The Hall–Kier alpha value is -3.53. The summed E-state index contributed by atoms with van der Waals surface area (Å²) in [5.74, 6) is 1.57. The molecule has 0 aliphatic heterocycles. The standard InChI is InChI=1S/C25H21Cl2N5O3S/c1-34-21-11-9-17(13-22(21)35-2)24-30-31-25(32(24)18-6-4-3-5-7-18)36-15-23(33)29-28-14-16-8-10-19(26)20(27)12-16/h3-14H,15H2,1-2H3,(H,29,33)/b28-14-. The summed E-state index contributed by atoms with van der Waals surface area (Å²) in [6, 6.07) is 20.3. The second-order valence-corrected chi connectivity index (χ2v) is 9.06. The molecule has 0 saturated carbocycles. The zero-order valence-corrected chi connectivity index (χ0v) is 21.6. The van der Waals surface area contributed by atoms with Crippen molar-refractivity contribution in [2.45, 2.75) is 5.16 Å². The summed E-state index contributed by atoms with van der Waals surface area (Å²) < 4.78 is 12.7. The van der Waals surface area contributed by atoms with Crippen molar-refractivity contribution in [3.63, 3.8) is 0 Å². The fourth-order valence-corrected chi connectivity index (χ4v) is 4.32. The molecule has 0 unspecified atom stereocenters. The van der Waals surface area contributed by atoms with Gasteiger partial charge in [-0.2, -0.15) is 5.10 Å². The molecule has 4 aromatic rings. The lowest BCUT2D eigenvalue weighted by Gasteiger charge is -2.12. The van der Waals surface area contributed by atoms with Gasteiger partial charge < -0.3 is 9.47 Å². The van der Waals surface area contributed by atoms with E-state index in [0.29, 0.717) is 38.1 Å². The Morgan fingerprint density at radius 3 is 2.50 bits per heavy atom. The Bertz CT molecular complexity index is 1400. The first kappa shape index (κ1) is 25.6. The van der Waals surface area contributed by atoms with Crippen LogP contribution in [0.3, 0.4) is 0 Å². The highest BCUT2D eigenvalue weighted by Crippen LogP contribution is 2.34. The summed E-state index contributed by atoms with van der Waals surface area (Å²) in [6.45, 7) is 0. The number of methoxy groups -OCH3 is 2. The third-order valence-corrected chi connectivity index (χ3v) is 6.64. The van der Waals surface area contributed by atoms with Gasteiger partial charge in [-0.05, 0) is 48.0 Å². The van der Waals surface area contributed by atoms with E-state index in [4.69, 9.17) is 32.7 Å². The molecule has 0 aliphatic carbocycles. The molecule has 36 heavy (non-hydrogen) atoms. The van der Waals surface area contributed by atoms with Crippen molar-refractivity contribution in [2.24, 2.45) is 5.10 Å². The molecule has 11 heteroatoms. The predicted octanol–water partition coefficient (Wildman–Crippen LogP) is 5.50. The first-order valence-corrected chi connectivity index (χ1v) is 12.4. The zero-order valence-electron chi connectivity index (χ0n) is 19.3. The number of nitrogens with one attached hydrogen (secondary N) is 1. The molecule has 1 aromatic heterocycles. The molecule has 0 spiro atoms. The number of thioether (sulfide) groups is 1. The summed E-state index contributed by atoms with van der Waals surface area (Å²) in [6.07, 6.45) is 1.49. The van der Waals surface area contributed by atoms with E-state index in [1.807, 2.05) is 53.1 Å². The molecule has 184 valence electrons. The van der Waals surface area contributed by atoms with Crippen molar-refractivity contribution in [3.8, 4) is 28.6 Å². The van der Waals surface area contributed by atoms with Gasteiger partial charge in [0.25, 0.3) is 5.91 Å². The van der Waals surface area contributed by atoms with Gasteiger partial charge in [0.1, 0.15) is 0 Å². The molecule has 0 bridgehead atoms. The van der Waals surface area contributed by atoms with Gasteiger partial charge in [0, 0.05) is 11.3 Å². The maximum atomic E-state index is 12.4. The number of carbonyl (C=O) groups excluding carboxylic acids is 1. The van der Waals surface area contributed by atoms with Crippen molar-refractivity contribution in [2.75, 3.05) is 20.0 Å². The van der Waals surface area contributed by atoms with Crippen LogP contribution in [0, 0.1) is 0 Å². The molecule has 0 radical (unpaired) electrons. The number of hydrogen-bond donors (Lipinski definition) is 1. The minimum Gasteiger partial charge on any atom is -0.493 e. The first-order valence-electron chi connectivity index (χ1n) is 10.6. The maximum absolute atomic E-state index is 12.4. The second-order valence-electron chi connectivity index (χ2n) is 7.30. The van der Waals surface area contributed by atoms with Crippen LogP contribution in [0.1, 0.15) is 5.56 Å². The van der Waals surface area contributed by atoms with Gasteiger partial charge in [0.15, 0.2) is 22.5 Å². The first-order chi connectivity index (χ1) is 17.5. The Kier molecular flexibility index (Phi) is 8.48. The highest BCUT2D eigenvalue weighted by atomic mass is 35.5. The van der Waals surface area contributed by atoms with Crippen molar-refractivity contribution >= 4 is 47.1 Å². The van der Waals surface area contributed by atoms with Gasteiger partial charge in [0.2, 0.25) is 0 Å². The molecule has 0 saturated heterocycles. The number of hydrogen-bond acceptors (Lipinski definition) is 7. The summed E-state index contributed by atoms with van der Waals surface area (Å²) in [5.41, 5.74) is 4.85. The van der Waals surface area contributed by atoms with Gasteiger partial charge in [-0.3, -0.25) is 9.36 Å². The van der Waals surface area contributed by atoms with Crippen LogP contribution < -0.4 is 14.9 Å². The number of halogens is 2. The number of benzene rings is 3. The van der Waals surface area contributed by atoms with Gasteiger partial charge in [0.05, 0.1) is 36.2 Å². The van der Waals surface area contributed by atoms with Gasteiger partial charge in [-0.1, -0.05) is 59.2 Å². The van der Waals surface area contributed by atoms with E-state index < -0.39 is 0 Å². The molecule has 0 fully saturated rings. The van der Waals surface area contributed by atoms with Crippen LogP contribution in [-0.2, 0) is 4.79 Å². The van der Waals surface area contributed by atoms with Crippen LogP contribution in [0.25, 0.3) is 17.1 Å². The van der Waals surface area contributed by atoms with Crippen LogP contribution >= 0.6 is 35.0 Å². The number of rotatable bonds is 9. The number of aromatic nitrogens is 3. The quantitative estimate of drug-likeness (QED) is 0.171. The van der Waals surface area contributed by atoms with Crippen LogP contribution in [0.4, 0.5) is 0 Å². The molecule has 4 rings (SSSR count). The van der Waals surface area contributed by atoms with E-state index in [1.165, 1.54) is 18.0 Å². The Morgan fingerprint density at radius 1 is 1.00 bits per heavy atom. The maximum Gasteiger partial charge on any atom is 0.250 e. The van der Waals surface area contributed by atoms with Crippen molar-refractivity contribution in [3.05, 3.63) is 82.3 Å². The highest BCUT2D eigenvalue weighted by molar-refractivity contribution is 7.99. The topological polar surface area (TPSA) is 90.6 Å². The third-order valence-electron chi connectivity index (χ3n) is 4.97. The molecule has 1 N–H and O–H groups in total. The molecule has 8 nitrogen and oxygen atoms in total. The van der Waals surface area contributed by atoms with Gasteiger partial charge >= 0.3 is 0 Å². The molecule has 3 aromatic carbocycles. The van der Waals surface area contributed by atoms with E-state index >= 15 is 0 Å². The third kappa shape index (κ3) is 5.99. The predicted molar refractivity (Wildman–Crippen MR) is 143 cm³/mol. The van der Waals surface area contributed by atoms with E-state index in [-0.39, 0.29) is 11.7 Å². The molecule has 0 aliphatic rings. The zero-order chi connectivity index (χ0) is 25.5. The minimum absolute atomic E-state index is 0.0790. The van der Waals surface area contributed by atoms with Gasteiger partial charge in [-0.15, -0.1) is 10.2 Å². The SMILES string of the molecule is COc1ccc(-c2nnc(SCC(=O)N/N=C\c3ccc(Cl)c(Cl)c3)n2-c2ccccc2)cc1OC. The van der Waals surface area contributed by atoms with Crippen LogP contribution in [0.2, 0.25) is 10.0 Å². The Balaban J connectivity index is 1.53. The number of ether oxygens (including phenoxy) is 2. The van der Waals surface area contributed by atoms with Crippen molar-refractivity contribution in [1.29, 1.82) is 0 Å². The summed E-state index contributed by atoms with van der Waals surface area (Å²) >= 11 is 13.2. The summed E-state index contributed by atoms with van der Waals surface area (Å²) in [5, 5.41) is 14.1. The largest absolute Gasteiger partial charge is 0.493 e. The van der Waals surface area contributed by atoms with E-state index in [9.17, 15) is 4.79 Å². The minimum atomic E-state index is -0.299. The van der Waals surface area contributed by atoms with E-state index in [2.05, 4.69) is 20.7 Å². The monoisotopic (exact) mass is 541 g/mol. The lowest BCUT2D eigenvalue weighted by molar-refractivity contribution is -0.118. The van der Waals surface area contributed by atoms with Crippen molar-refractivity contribution < 1.29 is 14.3 Å². The Morgan fingerprint density at radius 2 is 1.78 bits per heavy atom. The number of para-hydroxylation sites is 1. The summed E-state index contributed by atoms with van der Waals surface area (Å²) in [4.78, 5) is 12.4. The molecule has 1 amide bonds.